The number of hydrogen-bond acceptors (Lipinski definition) is 4. The Morgan fingerprint density at radius 1 is 1.43 bits per heavy atom. The molecule has 21 heavy (non-hydrogen) atoms. The summed E-state index contributed by atoms with van der Waals surface area (Å²) in [5, 5.41) is 14.6. The Morgan fingerprint density at radius 3 is 2.76 bits per heavy atom. The van der Waals surface area contributed by atoms with Crippen molar-refractivity contribution in [1.82, 2.24) is 10.2 Å². The summed E-state index contributed by atoms with van der Waals surface area (Å²) >= 11 is 0. The normalized spacial score (nSPS) is 18.3. The van der Waals surface area contributed by atoms with E-state index in [0.717, 1.165) is 19.5 Å². The van der Waals surface area contributed by atoms with Crippen molar-refractivity contribution in [2.45, 2.75) is 12.5 Å². The van der Waals surface area contributed by atoms with Crippen LogP contribution in [0.4, 0.5) is 10.5 Å². The number of nitrogens with zero attached hydrogens (tertiary/aromatic N) is 1. The Bertz CT molecular complexity index is 547. The number of benzene rings is 1. The number of anilines is 1. The van der Waals surface area contributed by atoms with Crippen LogP contribution in [0.2, 0.25) is 0 Å². The highest BCUT2D eigenvalue weighted by Crippen LogP contribution is 2.22. The van der Waals surface area contributed by atoms with Crippen LogP contribution >= 0.6 is 0 Å². The van der Waals surface area contributed by atoms with Crippen molar-refractivity contribution >= 4 is 17.7 Å². The number of likely N-dealkylation sites (tertiary alicyclic amines) is 1. The highest BCUT2D eigenvalue weighted by molar-refractivity contribution is 6.00. The van der Waals surface area contributed by atoms with E-state index in [2.05, 4.69) is 15.5 Å². The molecule has 1 aliphatic rings. The zero-order chi connectivity index (χ0) is 15.4. The molecule has 1 atom stereocenters. The highest BCUT2D eigenvalue weighted by atomic mass is 16.5. The Labute approximate surface area is 122 Å². The van der Waals surface area contributed by atoms with E-state index in [0.29, 0.717) is 5.75 Å². The second-order valence-electron chi connectivity index (χ2n) is 5.06. The molecular formula is C14H19N3O4. The molecule has 7 heteroatoms. The maximum absolute atomic E-state index is 12.0. The maximum Gasteiger partial charge on any atom is 0.337 e. The number of carboxylic acids is 1. The molecule has 1 unspecified atom stereocenters. The quantitative estimate of drug-likeness (QED) is 0.776. The number of carbonyl (C=O) groups excluding carboxylic acids is 1. The van der Waals surface area contributed by atoms with Crippen LogP contribution in [0.3, 0.4) is 0 Å². The number of amides is 2. The highest BCUT2D eigenvalue weighted by Gasteiger charge is 2.21. The number of likely N-dealkylation sites (N-methyl/N-ethyl adjacent to an activating group) is 1. The summed E-state index contributed by atoms with van der Waals surface area (Å²) in [6.45, 7) is 1.72. The lowest BCUT2D eigenvalue weighted by atomic mass is 10.1. The number of nitrogens with one attached hydrogen (secondary N) is 2. The Balaban J connectivity index is 2.06. The van der Waals surface area contributed by atoms with E-state index in [1.54, 1.807) is 6.07 Å². The molecule has 1 saturated heterocycles. The molecule has 114 valence electrons. The third-order valence-electron chi connectivity index (χ3n) is 3.43. The number of rotatable bonds is 4. The number of hydrogen-bond donors (Lipinski definition) is 3. The maximum atomic E-state index is 12.0. The van der Waals surface area contributed by atoms with E-state index in [1.807, 2.05) is 7.05 Å². The molecule has 2 amide bonds. The van der Waals surface area contributed by atoms with Crippen molar-refractivity contribution in [2.24, 2.45) is 0 Å². The standard InChI is InChI=1S/C14H19N3O4/c1-17-6-5-9(8-17)15-14(20)16-12-7-10(21-2)3-4-11(12)13(18)19/h3-4,7,9H,5-6,8H2,1-2H3,(H,18,19)(H2,15,16,20). The number of carboxylic acid groups (broad SMARTS) is 1. The minimum atomic E-state index is -1.10. The monoisotopic (exact) mass is 293 g/mol. The summed E-state index contributed by atoms with van der Waals surface area (Å²) < 4.78 is 5.05. The zero-order valence-electron chi connectivity index (χ0n) is 12.0. The summed E-state index contributed by atoms with van der Waals surface area (Å²) in [6, 6.07) is 4.10. The van der Waals surface area contributed by atoms with E-state index in [1.165, 1.54) is 19.2 Å². The lowest BCUT2D eigenvalue weighted by Crippen LogP contribution is -2.39. The van der Waals surface area contributed by atoms with E-state index < -0.39 is 12.0 Å². The van der Waals surface area contributed by atoms with E-state index in [9.17, 15) is 9.59 Å². The number of methoxy groups -OCH3 is 1. The van der Waals surface area contributed by atoms with Gasteiger partial charge in [-0.05, 0) is 32.1 Å². The molecule has 0 radical (unpaired) electrons. The van der Waals surface area contributed by atoms with Gasteiger partial charge in [-0.1, -0.05) is 0 Å². The predicted octanol–water partition coefficient (Wildman–Crippen LogP) is 1.22. The summed E-state index contributed by atoms with van der Waals surface area (Å²) in [5.41, 5.74) is 0.236. The molecule has 1 aliphatic heterocycles. The number of carbonyl (C=O) groups is 2. The van der Waals surface area contributed by atoms with Gasteiger partial charge in [0.05, 0.1) is 18.4 Å². The van der Waals surface area contributed by atoms with Crippen LogP contribution in [0.1, 0.15) is 16.8 Å². The van der Waals surface area contributed by atoms with Gasteiger partial charge in [-0.3, -0.25) is 0 Å². The summed E-state index contributed by atoms with van der Waals surface area (Å²) in [7, 11) is 3.47. The van der Waals surface area contributed by atoms with Crippen LogP contribution in [-0.2, 0) is 0 Å². The van der Waals surface area contributed by atoms with Gasteiger partial charge in [-0.2, -0.15) is 0 Å². The lowest BCUT2D eigenvalue weighted by molar-refractivity contribution is 0.0698. The number of ether oxygens (including phenoxy) is 1. The molecule has 0 saturated carbocycles. The molecule has 3 N–H and O–H groups in total. The van der Waals surface area contributed by atoms with Crippen molar-refractivity contribution in [3.8, 4) is 5.75 Å². The van der Waals surface area contributed by atoms with Crippen molar-refractivity contribution in [2.75, 3.05) is 32.6 Å². The fourth-order valence-electron chi connectivity index (χ4n) is 2.34. The summed E-state index contributed by atoms with van der Waals surface area (Å²) in [6.07, 6.45) is 0.883. The predicted molar refractivity (Wildman–Crippen MR) is 78.0 cm³/mol. The number of urea groups is 1. The Kier molecular flexibility index (Phi) is 4.64. The van der Waals surface area contributed by atoms with Gasteiger partial charge in [0.1, 0.15) is 5.75 Å². The first-order valence-corrected chi connectivity index (χ1v) is 6.67. The van der Waals surface area contributed by atoms with Crippen LogP contribution < -0.4 is 15.4 Å². The van der Waals surface area contributed by atoms with Gasteiger partial charge in [0.2, 0.25) is 0 Å². The Hall–Kier alpha value is -2.28. The first-order valence-electron chi connectivity index (χ1n) is 6.67. The lowest BCUT2D eigenvalue weighted by Gasteiger charge is -2.15. The van der Waals surface area contributed by atoms with Gasteiger partial charge in [0.25, 0.3) is 0 Å². The molecule has 1 heterocycles. The van der Waals surface area contributed by atoms with Gasteiger partial charge < -0.3 is 25.4 Å². The molecule has 1 aromatic carbocycles. The molecule has 1 fully saturated rings. The topological polar surface area (TPSA) is 90.9 Å². The zero-order valence-corrected chi connectivity index (χ0v) is 12.0. The summed E-state index contributed by atoms with van der Waals surface area (Å²) in [4.78, 5) is 25.3. The van der Waals surface area contributed by atoms with E-state index in [4.69, 9.17) is 9.84 Å². The second kappa shape index (κ2) is 6.45. The van der Waals surface area contributed by atoms with Crippen molar-refractivity contribution < 1.29 is 19.4 Å². The summed E-state index contributed by atoms with van der Waals surface area (Å²) in [5.74, 6) is -0.621. The molecule has 0 spiro atoms. The number of aromatic carboxylic acids is 1. The second-order valence-corrected chi connectivity index (χ2v) is 5.06. The van der Waals surface area contributed by atoms with Gasteiger partial charge in [0.15, 0.2) is 0 Å². The van der Waals surface area contributed by atoms with Crippen LogP contribution in [0.5, 0.6) is 5.75 Å². The smallest absolute Gasteiger partial charge is 0.337 e. The fourth-order valence-corrected chi connectivity index (χ4v) is 2.34. The van der Waals surface area contributed by atoms with Crippen LogP contribution in [0.25, 0.3) is 0 Å². The molecule has 0 bridgehead atoms. The molecule has 1 aromatic rings. The van der Waals surface area contributed by atoms with Crippen LogP contribution in [0.15, 0.2) is 18.2 Å². The van der Waals surface area contributed by atoms with E-state index >= 15 is 0 Å². The average molecular weight is 293 g/mol. The largest absolute Gasteiger partial charge is 0.497 e. The van der Waals surface area contributed by atoms with Gasteiger partial charge >= 0.3 is 12.0 Å². The first kappa shape index (κ1) is 15.1. The minimum absolute atomic E-state index is 0.0227. The molecular weight excluding hydrogens is 274 g/mol. The van der Waals surface area contributed by atoms with Gasteiger partial charge in [0, 0.05) is 18.7 Å². The molecule has 2 rings (SSSR count). The third kappa shape index (κ3) is 3.85. The molecule has 0 aliphatic carbocycles. The first-order chi connectivity index (χ1) is 9.99. The SMILES string of the molecule is COc1ccc(C(=O)O)c(NC(=O)NC2CCN(C)C2)c1. The Morgan fingerprint density at radius 2 is 2.19 bits per heavy atom. The van der Waals surface area contributed by atoms with Crippen LogP contribution in [0, 0.1) is 0 Å². The third-order valence-corrected chi connectivity index (χ3v) is 3.43. The van der Waals surface area contributed by atoms with Gasteiger partial charge in [-0.25, -0.2) is 9.59 Å². The average Bonchev–Trinajstić information content (AvgIpc) is 2.83. The minimum Gasteiger partial charge on any atom is -0.497 e. The van der Waals surface area contributed by atoms with Gasteiger partial charge in [-0.15, -0.1) is 0 Å². The van der Waals surface area contributed by atoms with Crippen LogP contribution in [-0.4, -0.2) is 55.3 Å². The molecule has 0 aromatic heterocycles. The molecule has 7 nitrogen and oxygen atoms in total. The van der Waals surface area contributed by atoms with Crippen molar-refractivity contribution in [3.05, 3.63) is 23.8 Å². The van der Waals surface area contributed by atoms with E-state index in [-0.39, 0.29) is 17.3 Å². The fraction of sp³-hybridized carbons (Fsp3) is 0.429. The van der Waals surface area contributed by atoms with Crippen molar-refractivity contribution in [1.29, 1.82) is 0 Å². The van der Waals surface area contributed by atoms with Crippen molar-refractivity contribution in [3.63, 3.8) is 0 Å².